The molecule has 0 bridgehead atoms. The van der Waals surface area contributed by atoms with Crippen LogP contribution in [0.5, 0.6) is 0 Å². The number of hydrogen-bond donors (Lipinski definition) is 1. The molecular formula is C16H26N2O2S. The van der Waals surface area contributed by atoms with Crippen LogP contribution in [-0.4, -0.2) is 32.4 Å². The van der Waals surface area contributed by atoms with Crippen LogP contribution in [0, 0.1) is 0 Å². The molecular weight excluding hydrogens is 284 g/mol. The van der Waals surface area contributed by atoms with Crippen molar-refractivity contribution in [1.29, 1.82) is 0 Å². The van der Waals surface area contributed by atoms with E-state index in [-0.39, 0.29) is 0 Å². The van der Waals surface area contributed by atoms with Crippen molar-refractivity contribution in [2.75, 3.05) is 13.6 Å². The maximum atomic E-state index is 12.7. The minimum atomic E-state index is -3.38. The second-order valence-electron chi connectivity index (χ2n) is 5.78. The summed E-state index contributed by atoms with van der Waals surface area (Å²) in [5.74, 6) is 0. The Labute approximate surface area is 128 Å². The summed E-state index contributed by atoms with van der Waals surface area (Å²) in [6.07, 6.45) is 4.01. The van der Waals surface area contributed by atoms with Gasteiger partial charge in [0.15, 0.2) is 0 Å². The molecule has 0 aromatic heterocycles. The first-order valence-electron chi connectivity index (χ1n) is 7.80. The maximum Gasteiger partial charge on any atom is 0.243 e. The van der Waals surface area contributed by atoms with Gasteiger partial charge in [0.1, 0.15) is 0 Å². The smallest absolute Gasteiger partial charge is 0.243 e. The molecule has 0 radical (unpaired) electrons. The molecule has 1 saturated carbocycles. The lowest BCUT2D eigenvalue weighted by molar-refractivity contribution is 0.467. The fourth-order valence-corrected chi connectivity index (χ4v) is 4.00. The summed E-state index contributed by atoms with van der Waals surface area (Å²) in [4.78, 5) is 0.469. The van der Waals surface area contributed by atoms with Gasteiger partial charge in [0.05, 0.1) is 4.90 Å². The van der Waals surface area contributed by atoms with Gasteiger partial charge in [-0.1, -0.05) is 26.0 Å². The molecule has 2 rings (SSSR count). The molecule has 0 aliphatic heterocycles. The van der Waals surface area contributed by atoms with Crippen molar-refractivity contribution in [3.63, 3.8) is 0 Å². The van der Waals surface area contributed by atoms with Crippen LogP contribution in [0.3, 0.4) is 0 Å². The summed E-state index contributed by atoms with van der Waals surface area (Å²) in [6.45, 7) is 5.28. The van der Waals surface area contributed by atoms with Gasteiger partial charge in [0, 0.05) is 26.2 Å². The average molecular weight is 310 g/mol. The average Bonchev–Trinajstić information content (AvgIpc) is 3.29. The maximum absolute atomic E-state index is 12.7. The van der Waals surface area contributed by atoms with Crippen molar-refractivity contribution >= 4 is 10.0 Å². The molecule has 1 fully saturated rings. The van der Waals surface area contributed by atoms with Gasteiger partial charge in [0.25, 0.3) is 0 Å². The predicted octanol–water partition coefficient (Wildman–Crippen LogP) is 2.53. The standard InChI is InChI=1S/C16H26N2O2S/c1-4-10-18(3)21(19,20)16-11-13(6-7-14(16)5-2)12-17-15-8-9-15/h6-7,11,15,17H,4-5,8-10,12H2,1-3H3. The highest BCUT2D eigenvalue weighted by Crippen LogP contribution is 2.23. The van der Waals surface area contributed by atoms with Gasteiger partial charge in [-0.25, -0.2) is 12.7 Å². The topological polar surface area (TPSA) is 49.4 Å². The van der Waals surface area contributed by atoms with Gasteiger partial charge >= 0.3 is 0 Å². The third kappa shape index (κ3) is 4.05. The van der Waals surface area contributed by atoms with Crippen molar-refractivity contribution in [1.82, 2.24) is 9.62 Å². The summed E-state index contributed by atoms with van der Waals surface area (Å²) in [7, 11) is -1.72. The number of benzene rings is 1. The highest BCUT2D eigenvalue weighted by atomic mass is 32.2. The number of hydrogen-bond acceptors (Lipinski definition) is 3. The Bertz CT molecular complexity index is 580. The third-order valence-corrected chi connectivity index (χ3v) is 5.85. The number of nitrogens with one attached hydrogen (secondary N) is 1. The molecule has 0 atom stereocenters. The Morgan fingerprint density at radius 1 is 1.29 bits per heavy atom. The van der Waals surface area contributed by atoms with E-state index < -0.39 is 10.0 Å². The quantitative estimate of drug-likeness (QED) is 0.803. The Hall–Kier alpha value is -0.910. The Kier molecular flexibility index (Phi) is 5.41. The predicted molar refractivity (Wildman–Crippen MR) is 85.8 cm³/mol. The Morgan fingerprint density at radius 3 is 2.57 bits per heavy atom. The van der Waals surface area contributed by atoms with Gasteiger partial charge in [-0.3, -0.25) is 0 Å². The molecule has 1 aromatic rings. The van der Waals surface area contributed by atoms with E-state index in [1.54, 1.807) is 7.05 Å². The zero-order chi connectivity index (χ0) is 15.5. The zero-order valence-electron chi connectivity index (χ0n) is 13.2. The Morgan fingerprint density at radius 2 is 2.00 bits per heavy atom. The van der Waals surface area contributed by atoms with E-state index in [2.05, 4.69) is 5.32 Å². The van der Waals surface area contributed by atoms with Crippen molar-refractivity contribution < 1.29 is 8.42 Å². The van der Waals surface area contributed by atoms with Crippen LogP contribution in [0.4, 0.5) is 0 Å². The molecule has 0 heterocycles. The molecule has 1 aliphatic rings. The SMILES string of the molecule is CCCN(C)S(=O)(=O)c1cc(CNC2CC2)ccc1CC. The zero-order valence-corrected chi connectivity index (χ0v) is 14.0. The van der Waals surface area contributed by atoms with E-state index in [1.165, 1.54) is 17.1 Å². The number of sulfonamides is 1. The molecule has 0 amide bonds. The van der Waals surface area contributed by atoms with Crippen LogP contribution < -0.4 is 5.32 Å². The van der Waals surface area contributed by atoms with Crippen molar-refractivity contribution in [2.45, 2.75) is 57.0 Å². The molecule has 0 unspecified atom stereocenters. The number of aryl methyl sites for hydroxylation is 1. The number of nitrogens with zero attached hydrogens (tertiary/aromatic N) is 1. The van der Waals surface area contributed by atoms with Gasteiger partial charge in [-0.15, -0.1) is 0 Å². The number of rotatable bonds is 8. The van der Waals surface area contributed by atoms with E-state index in [4.69, 9.17) is 0 Å². The fourth-order valence-electron chi connectivity index (χ4n) is 2.39. The van der Waals surface area contributed by atoms with E-state index in [9.17, 15) is 8.42 Å². The summed E-state index contributed by atoms with van der Waals surface area (Å²) < 4.78 is 26.9. The van der Waals surface area contributed by atoms with E-state index in [0.717, 1.165) is 30.5 Å². The van der Waals surface area contributed by atoms with Crippen LogP contribution in [0.15, 0.2) is 23.1 Å². The summed E-state index contributed by atoms with van der Waals surface area (Å²) in [5, 5.41) is 3.43. The monoisotopic (exact) mass is 310 g/mol. The first kappa shape index (κ1) is 16.5. The second-order valence-corrected chi connectivity index (χ2v) is 7.79. The third-order valence-electron chi connectivity index (χ3n) is 3.91. The van der Waals surface area contributed by atoms with Gasteiger partial charge in [-0.2, -0.15) is 0 Å². The molecule has 1 N–H and O–H groups in total. The van der Waals surface area contributed by atoms with Crippen LogP contribution in [0.25, 0.3) is 0 Å². The first-order chi connectivity index (χ1) is 9.98. The minimum absolute atomic E-state index is 0.469. The normalized spacial score (nSPS) is 15.6. The Balaban J connectivity index is 2.27. The summed E-state index contributed by atoms with van der Waals surface area (Å²) in [6, 6.07) is 6.46. The van der Waals surface area contributed by atoms with Crippen molar-refractivity contribution in [3.05, 3.63) is 29.3 Å². The van der Waals surface area contributed by atoms with E-state index in [1.807, 2.05) is 32.0 Å². The highest BCUT2D eigenvalue weighted by Gasteiger charge is 2.24. The lowest BCUT2D eigenvalue weighted by atomic mass is 10.1. The van der Waals surface area contributed by atoms with Crippen LogP contribution >= 0.6 is 0 Å². The summed E-state index contributed by atoms with van der Waals surface area (Å²) >= 11 is 0. The van der Waals surface area contributed by atoms with E-state index >= 15 is 0 Å². The van der Waals surface area contributed by atoms with Crippen molar-refractivity contribution in [2.24, 2.45) is 0 Å². The van der Waals surface area contributed by atoms with Crippen LogP contribution in [0.2, 0.25) is 0 Å². The van der Waals surface area contributed by atoms with Crippen molar-refractivity contribution in [3.8, 4) is 0 Å². The first-order valence-corrected chi connectivity index (χ1v) is 9.24. The van der Waals surface area contributed by atoms with Gasteiger partial charge in [0.2, 0.25) is 10.0 Å². The second kappa shape index (κ2) is 6.90. The van der Waals surface area contributed by atoms with E-state index in [0.29, 0.717) is 17.5 Å². The fraction of sp³-hybridized carbons (Fsp3) is 0.625. The van der Waals surface area contributed by atoms with Crippen LogP contribution in [0.1, 0.15) is 44.2 Å². The highest BCUT2D eigenvalue weighted by molar-refractivity contribution is 7.89. The van der Waals surface area contributed by atoms with Gasteiger partial charge in [-0.05, 0) is 42.9 Å². The molecule has 5 heteroatoms. The lowest BCUT2D eigenvalue weighted by Crippen LogP contribution is -2.28. The summed E-state index contributed by atoms with van der Waals surface area (Å²) in [5.41, 5.74) is 1.94. The lowest BCUT2D eigenvalue weighted by Gasteiger charge is -2.19. The van der Waals surface area contributed by atoms with Crippen LogP contribution in [-0.2, 0) is 23.0 Å². The molecule has 0 spiro atoms. The van der Waals surface area contributed by atoms with Gasteiger partial charge < -0.3 is 5.32 Å². The molecule has 0 saturated heterocycles. The molecule has 118 valence electrons. The minimum Gasteiger partial charge on any atom is -0.310 e. The molecule has 4 nitrogen and oxygen atoms in total. The molecule has 1 aromatic carbocycles. The molecule has 1 aliphatic carbocycles. The molecule has 21 heavy (non-hydrogen) atoms. The largest absolute Gasteiger partial charge is 0.310 e.